The summed E-state index contributed by atoms with van der Waals surface area (Å²) in [7, 11) is 0. The molecule has 0 unspecified atom stereocenters. The van der Waals surface area contributed by atoms with Crippen molar-refractivity contribution >= 4 is 16.5 Å². The molecule has 0 aromatic carbocycles. The normalized spacial score (nSPS) is 16.2. The maximum atomic E-state index is 4.81. The van der Waals surface area contributed by atoms with Crippen molar-refractivity contribution in [2.75, 3.05) is 18.0 Å². The number of thiazole rings is 1. The zero-order valence-electron chi connectivity index (χ0n) is 12.5. The standard InChI is InChI=1S/C15H27N3S/c1-4-10-16-11-14-12(3)17-15(19-14)18(5-2)13-8-6-7-9-13/h13,16H,4-11H2,1-3H3. The topological polar surface area (TPSA) is 28.2 Å². The Hall–Kier alpha value is -0.610. The number of rotatable bonds is 7. The predicted molar refractivity (Wildman–Crippen MR) is 84.1 cm³/mol. The molecule has 0 bridgehead atoms. The van der Waals surface area contributed by atoms with Crippen molar-refractivity contribution in [1.82, 2.24) is 10.3 Å². The molecule has 0 amide bonds. The van der Waals surface area contributed by atoms with Crippen LogP contribution in [0.3, 0.4) is 0 Å². The van der Waals surface area contributed by atoms with Crippen LogP contribution in [0.5, 0.6) is 0 Å². The molecule has 1 aliphatic rings. The summed E-state index contributed by atoms with van der Waals surface area (Å²) < 4.78 is 0. The van der Waals surface area contributed by atoms with Gasteiger partial charge in [0.15, 0.2) is 5.13 Å². The minimum Gasteiger partial charge on any atom is -0.345 e. The highest BCUT2D eigenvalue weighted by Crippen LogP contribution is 2.32. The van der Waals surface area contributed by atoms with Gasteiger partial charge < -0.3 is 10.2 Å². The van der Waals surface area contributed by atoms with Gasteiger partial charge in [-0.15, -0.1) is 11.3 Å². The average Bonchev–Trinajstić information content (AvgIpc) is 3.02. The van der Waals surface area contributed by atoms with Gasteiger partial charge in [0.05, 0.1) is 5.69 Å². The summed E-state index contributed by atoms with van der Waals surface area (Å²) in [4.78, 5) is 8.73. The molecule has 1 aromatic rings. The molecule has 2 rings (SSSR count). The van der Waals surface area contributed by atoms with Gasteiger partial charge >= 0.3 is 0 Å². The second kappa shape index (κ2) is 7.25. The van der Waals surface area contributed by atoms with Gasteiger partial charge in [-0.3, -0.25) is 0 Å². The molecule has 0 spiro atoms. The van der Waals surface area contributed by atoms with E-state index in [2.05, 4.69) is 31.0 Å². The summed E-state index contributed by atoms with van der Waals surface area (Å²) in [6, 6.07) is 0.729. The lowest BCUT2D eigenvalue weighted by atomic mass is 10.2. The SMILES string of the molecule is CCCNCc1sc(N(CC)C2CCCC2)nc1C. The summed E-state index contributed by atoms with van der Waals surface area (Å²) in [6.45, 7) is 9.75. The molecule has 1 heterocycles. The van der Waals surface area contributed by atoms with Crippen LogP contribution in [0.15, 0.2) is 0 Å². The summed E-state index contributed by atoms with van der Waals surface area (Å²) in [5.41, 5.74) is 1.21. The predicted octanol–water partition coefficient (Wildman–Crippen LogP) is 3.72. The summed E-state index contributed by atoms with van der Waals surface area (Å²) in [5.74, 6) is 0. The van der Waals surface area contributed by atoms with Crippen LogP contribution in [0.25, 0.3) is 0 Å². The van der Waals surface area contributed by atoms with E-state index in [1.54, 1.807) is 0 Å². The minimum atomic E-state index is 0.729. The molecule has 1 N–H and O–H groups in total. The fourth-order valence-electron chi connectivity index (χ4n) is 2.84. The molecule has 0 saturated heterocycles. The number of anilines is 1. The zero-order valence-corrected chi connectivity index (χ0v) is 13.4. The van der Waals surface area contributed by atoms with Crippen molar-refractivity contribution in [2.24, 2.45) is 0 Å². The third-order valence-corrected chi connectivity index (χ3v) is 5.14. The Kier molecular flexibility index (Phi) is 5.64. The molecule has 19 heavy (non-hydrogen) atoms. The van der Waals surface area contributed by atoms with Gasteiger partial charge in [0.2, 0.25) is 0 Å². The Morgan fingerprint density at radius 3 is 2.68 bits per heavy atom. The molecule has 1 aliphatic carbocycles. The number of aryl methyl sites for hydroxylation is 1. The Morgan fingerprint density at radius 1 is 1.32 bits per heavy atom. The molecule has 4 heteroatoms. The number of nitrogens with one attached hydrogen (secondary N) is 1. The molecule has 3 nitrogen and oxygen atoms in total. The first-order valence-electron chi connectivity index (χ1n) is 7.69. The highest BCUT2D eigenvalue weighted by Gasteiger charge is 2.24. The van der Waals surface area contributed by atoms with Gasteiger partial charge in [0, 0.05) is 24.0 Å². The van der Waals surface area contributed by atoms with Crippen molar-refractivity contribution in [1.29, 1.82) is 0 Å². The van der Waals surface area contributed by atoms with E-state index in [1.165, 1.54) is 47.8 Å². The number of nitrogens with zero attached hydrogens (tertiary/aromatic N) is 2. The number of hydrogen-bond donors (Lipinski definition) is 1. The minimum absolute atomic E-state index is 0.729. The van der Waals surface area contributed by atoms with Crippen molar-refractivity contribution in [3.05, 3.63) is 10.6 Å². The monoisotopic (exact) mass is 281 g/mol. The summed E-state index contributed by atoms with van der Waals surface area (Å²) in [6.07, 6.45) is 6.65. The zero-order chi connectivity index (χ0) is 13.7. The number of aromatic nitrogens is 1. The third kappa shape index (κ3) is 3.69. The van der Waals surface area contributed by atoms with E-state index in [1.807, 2.05) is 11.3 Å². The van der Waals surface area contributed by atoms with Crippen molar-refractivity contribution < 1.29 is 0 Å². The average molecular weight is 281 g/mol. The second-order valence-electron chi connectivity index (χ2n) is 5.41. The van der Waals surface area contributed by atoms with E-state index in [0.717, 1.165) is 25.7 Å². The highest BCUT2D eigenvalue weighted by atomic mass is 32.1. The van der Waals surface area contributed by atoms with Crippen LogP contribution >= 0.6 is 11.3 Å². The lowest BCUT2D eigenvalue weighted by Crippen LogP contribution is -2.32. The maximum Gasteiger partial charge on any atom is 0.186 e. The Morgan fingerprint density at radius 2 is 2.05 bits per heavy atom. The Bertz CT molecular complexity index is 383. The molecular weight excluding hydrogens is 254 g/mol. The van der Waals surface area contributed by atoms with E-state index < -0.39 is 0 Å². The van der Waals surface area contributed by atoms with Crippen LogP contribution in [0.1, 0.15) is 56.5 Å². The van der Waals surface area contributed by atoms with Crippen molar-refractivity contribution in [3.63, 3.8) is 0 Å². The smallest absolute Gasteiger partial charge is 0.186 e. The first-order chi connectivity index (χ1) is 9.26. The van der Waals surface area contributed by atoms with E-state index in [9.17, 15) is 0 Å². The molecule has 0 atom stereocenters. The lowest BCUT2D eigenvalue weighted by molar-refractivity contribution is 0.618. The molecule has 1 fully saturated rings. The molecule has 0 radical (unpaired) electrons. The van der Waals surface area contributed by atoms with E-state index in [0.29, 0.717) is 0 Å². The van der Waals surface area contributed by atoms with Crippen molar-refractivity contribution in [2.45, 2.75) is 65.5 Å². The van der Waals surface area contributed by atoms with Crippen LogP contribution < -0.4 is 10.2 Å². The largest absolute Gasteiger partial charge is 0.345 e. The summed E-state index contributed by atoms with van der Waals surface area (Å²) >= 11 is 1.88. The van der Waals surface area contributed by atoms with Crippen LogP contribution in [0.2, 0.25) is 0 Å². The van der Waals surface area contributed by atoms with Gasteiger partial charge in [-0.2, -0.15) is 0 Å². The molecule has 108 valence electrons. The first kappa shape index (κ1) is 14.8. The van der Waals surface area contributed by atoms with Crippen molar-refractivity contribution in [3.8, 4) is 0 Å². The van der Waals surface area contributed by atoms with Crippen LogP contribution in [-0.4, -0.2) is 24.1 Å². The molecule has 0 aliphatic heterocycles. The molecule has 1 saturated carbocycles. The molecular formula is C15H27N3S. The quantitative estimate of drug-likeness (QED) is 0.772. The fraction of sp³-hybridized carbons (Fsp3) is 0.800. The maximum absolute atomic E-state index is 4.81. The van der Waals surface area contributed by atoms with Crippen LogP contribution in [0.4, 0.5) is 5.13 Å². The van der Waals surface area contributed by atoms with Gasteiger partial charge in [-0.05, 0) is 39.7 Å². The van der Waals surface area contributed by atoms with Gasteiger partial charge in [0.25, 0.3) is 0 Å². The second-order valence-corrected chi connectivity index (χ2v) is 6.47. The number of hydrogen-bond acceptors (Lipinski definition) is 4. The highest BCUT2D eigenvalue weighted by molar-refractivity contribution is 7.15. The van der Waals surface area contributed by atoms with Gasteiger partial charge in [0.1, 0.15) is 0 Å². The van der Waals surface area contributed by atoms with Crippen LogP contribution in [-0.2, 0) is 6.54 Å². The fourth-order valence-corrected chi connectivity index (χ4v) is 4.01. The van der Waals surface area contributed by atoms with E-state index in [4.69, 9.17) is 4.98 Å². The van der Waals surface area contributed by atoms with Crippen LogP contribution in [0, 0.1) is 6.92 Å². The third-order valence-electron chi connectivity index (χ3n) is 3.95. The van der Waals surface area contributed by atoms with Gasteiger partial charge in [-0.1, -0.05) is 19.8 Å². The summed E-state index contributed by atoms with van der Waals surface area (Å²) in [5, 5.41) is 4.72. The van der Waals surface area contributed by atoms with E-state index >= 15 is 0 Å². The molecule has 1 aromatic heterocycles. The first-order valence-corrected chi connectivity index (χ1v) is 8.51. The lowest BCUT2D eigenvalue weighted by Gasteiger charge is -2.26. The Balaban J connectivity index is 2.04. The Labute approximate surface area is 121 Å². The van der Waals surface area contributed by atoms with Gasteiger partial charge in [-0.25, -0.2) is 4.98 Å². The van der Waals surface area contributed by atoms with E-state index in [-0.39, 0.29) is 0 Å².